The van der Waals surface area contributed by atoms with Gasteiger partial charge in [-0.3, -0.25) is 14.5 Å². The van der Waals surface area contributed by atoms with Crippen molar-refractivity contribution >= 4 is 29.1 Å². The number of likely N-dealkylation sites (tertiary alicyclic amines) is 1. The SMILES string of the molecule is Cc1ccc(NC(=O)CN2CCC(NC(=O)C(C)C)CC2)cc1Cl. The third-order valence-electron chi connectivity index (χ3n) is 4.28. The third kappa shape index (κ3) is 5.49. The average molecular weight is 352 g/mol. The van der Waals surface area contributed by atoms with Crippen LogP contribution in [0.3, 0.4) is 0 Å². The van der Waals surface area contributed by atoms with Crippen molar-refractivity contribution in [3.05, 3.63) is 28.8 Å². The van der Waals surface area contributed by atoms with Crippen molar-refractivity contribution in [2.75, 3.05) is 25.0 Å². The van der Waals surface area contributed by atoms with Crippen molar-refractivity contribution < 1.29 is 9.59 Å². The van der Waals surface area contributed by atoms with E-state index in [1.54, 1.807) is 6.07 Å². The molecule has 1 aromatic rings. The normalized spacial score (nSPS) is 16.2. The zero-order chi connectivity index (χ0) is 17.7. The monoisotopic (exact) mass is 351 g/mol. The van der Waals surface area contributed by atoms with Gasteiger partial charge in [0, 0.05) is 35.8 Å². The number of hydrogen-bond donors (Lipinski definition) is 2. The first-order valence-corrected chi connectivity index (χ1v) is 8.81. The van der Waals surface area contributed by atoms with Crippen LogP contribution >= 0.6 is 11.6 Å². The van der Waals surface area contributed by atoms with Crippen LogP contribution in [0, 0.1) is 12.8 Å². The van der Waals surface area contributed by atoms with Gasteiger partial charge in [-0.2, -0.15) is 0 Å². The highest BCUT2D eigenvalue weighted by Gasteiger charge is 2.22. The fraction of sp³-hybridized carbons (Fsp3) is 0.556. The number of anilines is 1. The fourth-order valence-corrected chi connectivity index (χ4v) is 2.86. The second-order valence-corrected chi connectivity index (χ2v) is 7.13. The molecule has 0 aromatic heterocycles. The molecule has 0 atom stereocenters. The number of piperidine rings is 1. The third-order valence-corrected chi connectivity index (χ3v) is 4.69. The molecule has 0 bridgehead atoms. The van der Waals surface area contributed by atoms with E-state index < -0.39 is 0 Å². The van der Waals surface area contributed by atoms with E-state index >= 15 is 0 Å². The Hall–Kier alpha value is -1.59. The lowest BCUT2D eigenvalue weighted by atomic mass is 10.0. The smallest absolute Gasteiger partial charge is 0.238 e. The van der Waals surface area contributed by atoms with Gasteiger partial charge in [0.1, 0.15) is 0 Å². The maximum Gasteiger partial charge on any atom is 0.238 e. The van der Waals surface area contributed by atoms with Gasteiger partial charge in [-0.05, 0) is 37.5 Å². The molecule has 1 heterocycles. The van der Waals surface area contributed by atoms with Crippen LogP contribution in [0.5, 0.6) is 0 Å². The van der Waals surface area contributed by atoms with Gasteiger partial charge in [0.25, 0.3) is 0 Å². The summed E-state index contributed by atoms with van der Waals surface area (Å²) in [7, 11) is 0. The Balaban J connectivity index is 1.76. The molecule has 5 nitrogen and oxygen atoms in total. The number of hydrogen-bond acceptors (Lipinski definition) is 3. The molecule has 24 heavy (non-hydrogen) atoms. The summed E-state index contributed by atoms with van der Waals surface area (Å²) in [6, 6.07) is 5.73. The number of aryl methyl sites for hydroxylation is 1. The second kappa shape index (κ2) is 8.49. The van der Waals surface area contributed by atoms with Crippen molar-refractivity contribution in [3.8, 4) is 0 Å². The minimum absolute atomic E-state index is 0.00939. The highest BCUT2D eigenvalue weighted by atomic mass is 35.5. The number of benzene rings is 1. The predicted molar refractivity (Wildman–Crippen MR) is 97.3 cm³/mol. The van der Waals surface area contributed by atoms with Gasteiger partial charge in [0.2, 0.25) is 11.8 Å². The lowest BCUT2D eigenvalue weighted by Gasteiger charge is -2.32. The van der Waals surface area contributed by atoms with Crippen molar-refractivity contribution in [1.29, 1.82) is 0 Å². The van der Waals surface area contributed by atoms with Gasteiger partial charge in [-0.15, -0.1) is 0 Å². The molecule has 0 radical (unpaired) electrons. The molecular weight excluding hydrogens is 326 g/mol. The standard InChI is InChI=1S/C18H26ClN3O2/c1-12(2)18(24)21-14-6-8-22(9-7-14)11-17(23)20-15-5-4-13(3)16(19)10-15/h4-5,10,12,14H,6-9,11H2,1-3H3,(H,20,23)(H,21,24). The number of nitrogens with one attached hydrogen (secondary N) is 2. The minimum atomic E-state index is -0.0421. The van der Waals surface area contributed by atoms with Gasteiger partial charge in [-0.25, -0.2) is 0 Å². The Kier molecular flexibility index (Phi) is 6.63. The van der Waals surface area contributed by atoms with Crippen molar-refractivity contribution in [2.45, 2.75) is 39.7 Å². The van der Waals surface area contributed by atoms with E-state index in [0.29, 0.717) is 11.6 Å². The maximum atomic E-state index is 12.2. The van der Waals surface area contributed by atoms with Crippen LogP contribution in [-0.2, 0) is 9.59 Å². The average Bonchev–Trinajstić information content (AvgIpc) is 2.52. The van der Waals surface area contributed by atoms with E-state index in [1.165, 1.54) is 0 Å². The maximum absolute atomic E-state index is 12.2. The quantitative estimate of drug-likeness (QED) is 0.857. The second-order valence-electron chi connectivity index (χ2n) is 6.73. The van der Waals surface area contributed by atoms with Crippen LogP contribution in [0.4, 0.5) is 5.69 Å². The summed E-state index contributed by atoms with van der Waals surface area (Å²) >= 11 is 6.07. The largest absolute Gasteiger partial charge is 0.353 e. The Morgan fingerprint density at radius 2 is 1.96 bits per heavy atom. The summed E-state index contributed by atoms with van der Waals surface area (Å²) in [6.07, 6.45) is 1.75. The Labute approximate surface area is 148 Å². The molecule has 1 aliphatic rings. The number of amides is 2. The van der Waals surface area contributed by atoms with E-state index in [0.717, 1.165) is 37.2 Å². The van der Waals surface area contributed by atoms with Crippen LogP contribution in [0.25, 0.3) is 0 Å². The molecule has 2 rings (SSSR count). The van der Waals surface area contributed by atoms with Crippen LogP contribution < -0.4 is 10.6 Å². The summed E-state index contributed by atoms with van der Waals surface area (Å²) in [5.41, 5.74) is 1.70. The summed E-state index contributed by atoms with van der Waals surface area (Å²) in [6.45, 7) is 7.70. The van der Waals surface area contributed by atoms with Crippen molar-refractivity contribution in [1.82, 2.24) is 10.2 Å². The molecule has 0 saturated carbocycles. The summed E-state index contributed by atoms with van der Waals surface area (Å²) in [5.74, 6) is 0.0668. The summed E-state index contributed by atoms with van der Waals surface area (Å²) in [5, 5.41) is 6.59. The van der Waals surface area contributed by atoms with Crippen molar-refractivity contribution in [2.24, 2.45) is 5.92 Å². The number of halogens is 1. The predicted octanol–water partition coefficient (Wildman–Crippen LogP) is 2.82. The molecule has 0 unspecified atom stereocenters. The molecule has 6 heteroatoms. The Bertz CT molecular complexity index is 596. The number of nitrogens with zero attached hydrogens (tertiary/aromatic N) is 1. The molecule has 0 spiro atoms. The van der Waals surface area contributed by atoms with E-state index in [2.05, 4.69) is 15.5 Å². The zero-order valence-corrected chi connectivity index (χ0v) is 15.3. The minimum Gasteiger partial charge on any atom is -0.353 e. The number of carbonyl (C=O) groups is 2. The van der Waals surface area contributed by atoms with Gasteiger partial charge >= 0.3 is 0 Å². The first kappa shape index (κ1) is 18.7. The molecule has 2 N–H and O–H groups in total. The van der Waals surface area contributed by atoms with Gasteiger partial charge in [0.15, 0.2) is 0 Å². The topological polar surface area (TPSA) is 61.4 Å². The lowest BCUT2D eigenvalue weighted by Crippen LogP contribution is -2.47. The first-order chi connectivity index (χ1) is 11.3. The Morgan fingerprint density at radius 3 is 2.54 bits per heavy atom. The van der Waals surface area contributed by atoms with Crippen molar-refractivity contribution in [3.63, 3.8) is 0 Å². The van der Waals surface area contributed by atoms with Crippen LogP contribution in [0.1, 0.15) is 32.3 Å². The van der Waals surface area contributed by atoms with E-state index in [9.17, 15) is 9.59 Å². The van der Waals surface area contributed by atoms with Gasteiger partial charge in [0.05, 0.1) is 6.54 Å². The highest BCUT2D eigenvalue weighted by Crippen LogP contribution is 2.20. The summed E-state index contributed by atoms with van der Waals surface area (Å²) in [4.78, 5) is 26.0. The summed E-state index contributed by atoms with van der Waals surface area (Å²) < 4.78 is 0. The van der Waals surface area contributed by atoms with E-state index in [1.807, 2.05) is 32.9 Å². The number of carbonyl (C=O) groups excluding carboxylic acids is 2. The molecule has 1 aliphatic heterocycles. The molecule has 1 aromatic carbocycles. The lowest BCUT2D eigenvalue weighted by molar-refractivity contribution is -0.125. The zero-order valence-electron chi connectivity index (χ0n) is 14.6. The number of rotatable bonds is 5. The van der Waals surface area contributed by atoms with E-state index in [4.69, 9.17) is 11.6 Å². The van der Waals surface area contributed by atoms with Crippen LogP contribution in [-0.4, -0.2) is 42.4 Å². The molecule has 132 valence electrons. The van der Waals surface area contributed by atoms with Gasteiger partial charge in [-0.1, -0.05) is 31.5 Å². The molecule has 2 amide bonds. The van der Waals surface area contributed by atoms with Crippen LogP contribution in [0.2, 0.25) is 5.02 Å². The molecule has 1 saturated heterocycles. The molecular formula is C18H26ClN3O2. The van der Waals surface area contributed by atoms with Crippen LogP contribution in [0.15, 0.2) is 18.2 Å². The molecule has 0 aliphatic carbocycles. The Morgan fingerprint density at radius 1 is 1.29 bits per heavy atom. The fourth-order valence-electron chi connectivity index (χ4n) is 2.68. The highest BCUT2D eigenvalue weighted by molar-refractivity contribution is 6.31. The van der Waals surface area contributed by atoms with Gasteiger partial charge < -0.3 is 10.6 Å². The molecule has 1 fully saturated rings. The van der Waals surface area contributed by atoms with E-state index in [-0.39, 0.29) is 23.8 Å². The first-order valence-electron chi connectivity index (χ1n) is 8.44.